The van der Waals surface area contributed by atoms with E-state index in [1.165, 1.54) is 0 Å². The molecular weight excluding hydrogens is 176 g/mol. The van der Waals surface area contributed by atoms with E-state index < -0.39 is 0 Å². The first kappa shape index (κ1) is 11.8. The largest absolute Gasteiger partial charge is 0.483 e. The van der Waals surface area contributed by atoms with Crippen LogP contribution in [-0.4, -0.2) is 45.0 Å². The molecule has 5 heteroatoms. The third kappa shape index (κ3) is 7.87. The highest BCUT2D eigenvalue weighted by atomic mass is 32.1. The fourth-order valence-electron chi connectivity index (χ4n) is 0.595. The van der Waals surface area contributed by atoms with Gasteiger partial charge in [-0.2, -0.15) is 0 Å². The third-order valence-corrected chi connectivity index (χ3v) is 1.34. The minimum atomic E-state index is 0.501. The second kappa shape index (κ2) is 8.86. The molecule has 0 heterocycles. The Morgan fingerprint density at radius 1 is 1.42 bits per heavy atom. The van der Waals surface area contributed by atoms with Crippen molar-refractivity contribution in [3.63, 3.8) is 0 Å². The number of hydrogen-bond acceptors (Lipinski definition) is 5. The topological polar surface area (TPSA) is 56.5 Å². The van der Waals surface area contributed by atoms with Crippen LogP contribution in [0.3, 0.4) is 0 Å². The Kier molecular flexibility index (Phi) is 8.69. The van der Waals surface area contributed by atoms with Crippen LogP contribution in [0.25, 0.3) is 0 Å². The second-order valence-electron chi connectivity index (χ2n) is 2.15. The predicted molar refractivity (Wildman–Crippen MR) is 52.4 cm³/mol. The van der Waals surface area contributed by atoms with Crippen LogP contribution in [0, 0.1) is 0 Å². The molecule has 0 aromatic heterocycles. The van der Waals surface area contributed by atoms with Crippen LogP contribution in [0.15, 0.2) is 0 Å². The Balaban J connectivity index is 3.03. The number of ether oxygens (including phenoxy) is 2. The third-order valence-electron chi connectivity index (χ3n) is 1.07. The summed E-state index contributed by atoms with van der Waals surface area (Å²) in [5.41, 5.74) is 5.22. The van der Waals surface area contributed by atoms with Crippen LogP contribution < -0.4 is 11.1 Å². The first-order valence-electron chi connectivity index (χ1n) is 3.89. The molecule has 0 aliphatic rings. The molecule has 0 saturated carbocycles. The van der Waals surface area contributed by atoms with Gasteiger partial charge in [-0.3, -0.25) is 0 Å². The van der Waals surface area contributed by atoms with E-state index in [0.29, 0.717) is 38.0 Å². The second-order valence-corrected chi connectivity index (χ2v) is 2.61. The summed E-state index contributed by atoms with van der Waals surface area (Å²) in [4.78, 5) is 0. The minimum absolute atomic E-state index is 0.501. The van der Waals surface area contributed by atoms with Crippen LogP contribution in [0.4, 0.5) is 0 Å². The van der Waals surface area contributed by atoms with Gasteiger partial charge in [0.1, 0.15) is 6.61 Å². The zero-order valence-corrected chi connectivity index (χ0v) is 8.15. The first-order valence-corrected chi connectivity index (χ1v) is 4.30. The molecule has 0 saturated heterocycles. The van der Waals surface area contributed by atoms with Crippen LogP contribution in [-0.2, 0) is 9.47 Å². The molecule has 0 aliphatic heterocycles. The highest BCUT2D eigenvalue weighted by Gasteiger charge is 1.94. The smallest absolute Gasteiger partial charge is 0.173 e. The van der Waals surface area contributed by atoms with E-state index >= 15 is 0 Å². The van der Waals surface area contributed by atoms with Gasteiger partial charge < -0.3 is 20.5 Å². The molecule has 0 aromatic carbocycles. The predicted octanol–water partition coefficient (Wildman–Crippen LogP) is -0.475. The maximum absolute atomic E-state index is 5.22. The lowest BCUT2D eigenvalue weighted by atomic mass is 10.6. The molecule has 72 valence electrons. The van der Waals surface area contributed by atoms with Crippen LogP contribution in [0.2, 0.25) is 0 Å². The lowest BCUT2D eigenvalue weighted by Gasteiger charge is -2.06. The van der Waals surface area contributed by atoms with Crippen molar-refractivity contribution >= 4 is 17.3 Å². The molecule has 0 aromatic rings. The monoisotopic (exact) mass is 192 g/mol. The van der Waals surface area contributed by atoms with Gasteiger partial charge >= 0.3 is 0 Å². The molecule has 0 unspecified atom stereocenters. The fraction of sp³-hybridized carbons (Fsp3) is 0.857. The van der Waals surface area contributed by atoms with Gasteiger partial charge in [0.05, 0.1) is 19.8 Å². The minimum Gasteiger partial charge on any atom is -0.483 e. The van der Waals surface area contributed by atoms with E-state index in [-0.39, 0.29) is 0 Å². The summed E-state index contributed by atoms with van der Waals surface area (Å²) >= 11 is 4.87. The highest BCUT2D eigenvalue weighted by Crippen LogP contribution is 1.81. The number of likely N-dealkylation sites (N-methyl/N-ethyl adjacent to an activating group) is 1. The number of nitrogens with one attached hydrogen (secondary N) is 1. The zero-order valence-electron chi connectivity index (χ0n) is 7.34. The normalized spacial score (nSPS) is 9.83. The summed E-state index contributed by atoms with van der Waals surface area (Å²) in [6.07, 6.45) is 0. The fourth-order valence-corrected chi connectivity index (χ4v) is 0.823. The van der Waals surface area contributed by atoms with E-state index in [2.05, 4.69) is 5.32 Å². The molecule has 0 bridgehead atoms. The van der Waals surface area contributed by atoms with E-state index in [1.54, 1.807) is 0 Å². The molecule has 0 spiro atoms. The van der Waals surface area contributed by atoms with Gasteiger partial charge in [0.15, 0.2) is 5.05 Å². The highest BCUT2D eigenvalue weighted by molar-refractivity contribution is 7.80. The Hall–Kier alpha value is -0.230. The summed E-state index contributed by atoms with van der Waals surface area (Å²) in [6.45, 7) is 2.76. The standard InChI is InChI=1S/C7H16N2O2S/c1-9-6-7(12)11-5-4-10-3-2-8/h9H,2-6,8H2,1H3. The molecule has 3 N–H and O–H groups in total. The summed E-state index contributed by atoms with van der Waals surface area (Å²) in [5.74, 6) is 0. The van der Waals surface area contributed by atoms with Gasteiger partial charge in [0, 0.05) is 6.54 Å². The molecule has 4 nitrogen and oxygen atoms in total. The van der Waals surface area contributed by atoms with Gasteiger partial charge in [-0.1, -0.05) is 0 Å². The van der Waals surface area contributed by atoms with Crippen molar-refractivity contribution in [3.05, 3.63) is 0 Å². The van der Waals surface area contributed by atoms with Gasteiger partial charge in [-0.15, -0.1) is 0 Å². The van der Waals surface area contributed by atoms with E-state index in [0.717, 1.165) is 0 Å². The average Bonchev–Trinajstić information content (AvgIpc) is 2.05. The van der Waals surface area contributed by atoms with Crippen LogP contribution in [0.1, 0.15) is 0 Å². The van der Waals surface area contributed by atoms with E-state index in [9.17, 15) is 0 Å². The number of rotatable bonds is 7. The molecular formula is C7H16N2O2S. The Morgan fingerprint density at radius 3 is 2.75 bits per heavy atom. The molecule has 0 rings (SSSR count). The summed E-state index contributed by atoms with van der Waals surface area (Å²) < 4.78 is 10.2. The van der Waals surface area contributed by atoms with Crippen molar-refractivity contribution in [3.8, 4) is 0 Å². The van der Waals surface area contributed by atoms with Gasteiger partial charge in [0.25, 0.3) is 0 Å². The number of nitrogens with two attached hydrogens (primary N) is 1. The van der Waals surface area contributed by atoms with Gasteiger partial charge in [-0.25, -0.2) is 0 Å². The molecule has 0 fully saturated rings. The van der Waals surface area contributed by atoms with Crippen molar-refractivity contribution < 1.29 is 9.47 Å². The Labute approximate surface area is 78.4 Å². The number of thiocarbonyl (C=S) groups is 1. The van der Waals surface area contributed by atoms with E-state index in [4.69, 9.17) is 27.4 Å². The molecule has 0 aliphatic carbocycles. The SMILES string of the molecule is CNCC(=S)OCCOCCN. The molecule has 0 radical (unpaired) electrons. The maximum atomic E-state index is 5.22. The van der Waals surface area contributed by atoms with Crippen molar-refractivity contribution in [2.75, 3.05) is 40.0 Å². The van der Waals surface area contributed by atoms with Gasteiger partial charge in [-0.05, 0) is 19.3 Å². The summed E-state index contributed by atoms with van der Waals surface area (Å²) in [7, 11) is 1.82. The van der Waals surface area contributed by atoms with Gasteiger partial charge in [0.2, 0.25) is 0 Å². The van der Waals surface area contributed by atoms with Crippen LogP contribution >= 0.6 is 12.2 Å². The maximum Gasteiger partial charge on any atom is 0.173 e. The average molecular weight is 192 g/mol. The van der Waals surface area contributed by atoms with E-state index in [1.807, 2.05) is 7.05 Å². The van der Waals surface area contributed by atoms with Crippen molar-refractivity contribution in [2.45, 2.75) is 0 Å². The zero-order chi connectivity index (χ0) is 9.23. The van der Waals surface area contributed by atoms with Crippen molar-refractivity contribution in [1.82, 2.24) is 5.32 Å². The lowest BCUT2D eigenvalue weighted by Crippen LogP contribution is -2.21. The Bertz CT molecular complexity index is 122. The van der Waals surface area contributed by atoms with Crippen molar-refractivity contribution in [2.24, 2.45) is 5.73 Å². The summed E-state index contributed by atoms with van der Waals surface area (Å²) in [5, 5.41) is 3.46. The molecule has 12 heavy (non-hydrogen) atoms. The molecule has 0 amide bonds. The number of hydrogen-bond donors (Lipinski definition) is 2. The van der Waals surface area contributed by atoms with Crippen molar-refractivity contribution in [1.29, 1.82) is 0 Å². The lowest BCUT2D eigenvalue weighted by molar-refractivity contribution is 0.102. The van der Waals surface area contributed by atoms with Crippen LogP contribution in [0.5, 0.6) is 0 Å². The quantitative estimate of drug-likeness (QED) is 0.422. The Morgan fingerprint density at radius 2 is 2.17 bits per heavy atom. The molecule has 0 atom stereocenters. The summed E-state index contributed by atoms with van der Waals surface area (Å²) in [6, 6.07) is 0. The first-order chi connectivity index (χ1) is 5.81.